The van der Waals surface area contributed by atoms with Gasteiger partial charge in [0.05, 0.1) is 6.20 Å². The number of hydrogen-bond donors (Lipinski definition) is 1. The first-order valence-electron chi connectivity index (χ1n) is 5.34. The third-order valence-corrected chi connectivity index (χ3v) is 3.38. The summed E-state index contributed by atoms with van der Waals surface area (Å²) in [6.07, 6.45) is 6.35. The first-order valence-corrected chi connectivity index (χ1v) is 7.23. The second-order valence-electron chi connectivity index (χ2n) is 3.92. The van der Waals surface area contributed by atoms with Crippen molar-refractivity contribution in [1.29, 1.82) is 0 Å². The molecule has 0 aliphatic carbocycles. The van der Waals surface area contributed by atoms with Gasteiger partial charge in [-0.3, -0.25) is 9.48 Å². The van der Waals surface area contributed by atoms with E-state index < -0.39 is 15.8 Å². The number of hydrogen-bond acceptors (Lipinski definition) is 4. The first kappa shape index (κ1) is 13.7. The highest BCUT2D eigenvalue weighted by Gasteiger charge is 2.09. The zero-order chi connectivity index (χ0) is 12.9. The molecule has 0 radical (unpaired) electrons. The van der Waals surface area contributed by atoms with Crippen molar-refractivity contribution in [3.8, 4) is 0 Å². The van der Waals surface area contributed by atoms with Crippen LogP contribution >= 0.6 is 0 Å². The van der Waals surface area contributed by atoms with E-state index in [0.29, 0.717) is 13.0 Å². The Morgan fingerprint density at radius 3 is 2.65 bits per heavy atom. The van der Waals surface area contributed by atoms with Crippen LogP contribution in [0.5, 0.6) is 0 Å². The third-order valence-electron chi connectivity index (χ3n) is 2.32. The van der Waals surface area contributed by atoms with Gasteiger partial charge >= 0.3 is 5.97 Å². The van der Waals surface area contributed by atoms with Gasteiger partial charge in [-0.25, -0.2) is 8.42 Å². The first-order chi connectivity index (χ1) is 7.89. The summed E-state index contributed by atoms with van der Waals surface area (Å²) >= 11 is 0. The molecule has 1 aromatic rings. The molecule has 1 aromatic heterocycles. The Hall–Kier alpha value is -1.37. The molecule has 1 rings (SSSR count). The van der Waals surface area contributed by atoms with Crippen LogP contribution in [0.1, 0.15) is 25.7 Å². The van der Waals surface area contributed by atoms with E-state index in [-0.39, 0.29) is 11.3 Å². The SMILES string of the molecule is CS(=O)(=O)c1cnn(CCCCCC(=O)O)c1. The average molecular weight is 260 g/mol. The quantitative estimate of drug-likeness (QED) is 0.737. The van der Waals surface area contributed by atoms with E-state index >= 15 is 0 Å². The summed E-state index contributed by atoms with van der Waals surface area (Å²) < 4.78 is 23.9. The number of nitrogens with zero attached hydrogens (tertiary/aromatic N) is 2. The molecule has 6 nitrogen and oxygen atoms in total. The highest BCUT2D eigenvalue weighted by Crippen LogP contribution is 2.08. The maximum Gasteiger partial charge on any atom is 0.303 e. The highest BCUT2D eigenvalue weighted by atomic mass is 32.2. The topological polar surface area (TPSA) is 89.3 Å². The van der Waals surface area contributed by atoms with Crippen molar-refractivity contribution in [2.24, 2.45) is 0 Å². The summed E-state index contributed by atoms with van der Waals surface area (Å²) in [4.78, 5) is 10.5. The van der Waals surface area contributed by atoms with Crippen molar-refractivity contribution in [2.45, 2.75) is 37.1 Å². The fourth-order valence-electron chi connectivity index (χ4n) is 1.39. The number of carboxylic acids is 1. The van der Waals surface area contributed by atoms with Gasteiger partial charge in [0.1, 0.15) is 4.90 Å². The molecule has 0 fully saturated rings. The Balaban J connectivity index is 2.33. The van der Waals surface area contributed by atoms with Crippen LogP contribution in [0.4, 0.5) is 0 Å². The summed E-state index contributed by atoms with van der Waals surface area (Å²) in [6, 6.07) is 0. The van der Waals surface area contributed by atoms with Crippen LogP contribution in [0.2, 0.25) is 0 Å². The smallest absolute Gasteiger partial charge is 0.303 e. The normalized spacial score (nSPS) is 11.6. The van der Waals surface area contributed by atoms with E-state index in [9.17, 15) is 13.2 Å². The van der Waals surface area contributed by atoms with Crippen molar-refractivity contribution in [2.75, 3.05) is 6.26 Å². The van der Waals surface area contributed by atoms with E-state index in [2.05, 4.69) is 5.10 Å². The summed E-state index contributed by atoms with van der Waals surface area (Å²) in [7, 11) is -3.19. The van der Waals surface area contributed by atoms with Gasteiger partial charge in [-0.1, -0.05) is 6.42 Å². The van der Waals surface area contributed by atoms with Crippen LogP contribution in [0.15, 0.2) is 17.3 Å². The standard InChI is InChI=1S/C10H16N2O4S/c1-17(15,16)9-7-11-12(8-9)6-4-2-3-5-10(13)14/h7-8H,2-6H2,1H3,(H,13,14). The predicted octanol–water partition coefficient (Wildman–Crippen LogP) is 0.932. The van der Waals surface area contributed by atoms with Crippen molar-refractivity contribution < 1.29 is 18.3 Å². The lowest BCUT2D eigenvalue weighted by Crippen LogP contribution is -2.00. The minimum absolute atomic E-state index is 0.174. The number of aryl methyl sites for hydroxylation is 1. The van der Waals surface area contributed by atoms with Crippen molar-refractivity contribution in [3.63, 3.8) is 0 Å². The van der Waals surface area contributed by atoms with Crippen molar-refractivity contribution in [1.82, 2.24) is 9.78 Å². The van der Waals surface area contributed by atoms with E-state index in [1.807, 2.05) is 0 Å². The van der Waals surface area contributed by atoms with E-state index in [1.165, 1.54) is 12.4 Å². The summed E-state index contributed by atoms with van der Waals surface area (Å²) in [5.41, 5.74) is 0. The number of carboxylic acid groups (broad SMARTS) is 1. The Morgan fingerprint density at radius 1 is 1.41 bits per heavy atom. The molecule has 1 N–H and O–H groups in total. The van der Waals surface area contributed by atoms with E-state index in [4.69, 9.17) is 5.11 Å². The summed E-state index contributed by atoms with van der Waals surface area (Å²) in [5, 5.41) is 12.4. The van der Waals surface area contributed by atoms with Crippen LogP contribution in [0.3, 0.4) is 0 Å². The summed E-state index contributed by atoms with van der Waals surface area (Å²) in [5.74, 6) is -0.788. The molecule has 0 amide bonds. The molecule has 0 aromatic carbocycles. The minimum Gasteiger partial charge on any atom is -0.481 e. The molecule has 0 saturated heterocycles. The Labute approximate surface area is 100 Å². The van der Waals surface area contributed by atoms with Crippen LogP contribution in [-0.2, 0) is 21.2 Å². The van der Waals surface area contributed by atoms with Gasteiger partial charge in [0.15, 0.2) is 9.84 Å². The highest BCUT2D eigenvalue weighted by molar-refractivity contribution is 7.90. The second kappa shape index (κ2) is 5.81. The molecule has 1 heterocycles. The fraction of sp³-hybridized carbons (Fsp3) is 0.600. The van der Waals surface area contributed by atoms with Gasteiger partial charge < -0.3 is 5.11 Å². The van der Waals surface area contributed by atoms with Crippen molar-refractivity contribution in [3.05, 3.63) is 12.4 Å². The number of sulfone groups is 1. The van der Waals surface area contributed by atoms with Crippen LogP contribution in [-0.4, -0.2) is 35.5 Å². The van der Waals surface area contributed by atoms with Gasteiger partial charge in [0.2, 0.25) is 0 Å². The zero-order valence-electron chi connectivity index (χ0n) is 9.66. The van der Waals surface area contributed by atoms with E-state index in [1.54, 1.807) is 4.68 Å². The molecular weight excluding hydrogens is 244 g/mol. The number of carbonyl (C=O) groups is 1. The van der Waals surface area contributed by atoms with Gasteiger partial charge in [-0.15, -0.1) is 0 Å². The molecule has 0 atom stereocenters. The third kappa shape index (κ3) is 4.99. The minimum atomic E-state index is -3.19. The number of rotatable bonds is 7. The molecule has 0 unspecified atom stereocenters. The maximum absolute atomic E-state index is 11.2. The Morgan fingerprint density at radius 2 is 2.12 bits per heavy atom. The van der Waals surface area contributed by atoms with Gasteiger partial charge in [0, 0.05) is 25.4 Å². The molecule has 7 heteroatoms. The van der Waals surface area contributed by atoms with Gasteiger partial charge in [-0.2, -0.15) is 5.10 Å². The van der Waals surface area contributed by atoms with Crippen molar-refractivity contribution >= 4 is 15.8 Å². The Bertz CT molecular complexity index is 478. The molecule has 0 bridgehead atoms. The molecule has 96 valence electrons. The second-order valence-corrected chi connectivity index (χ2v) is 5.93. The summed E-state index contributed by atoms with van der Waals surface area (Å²) in [6.45, 7) is 0.606. The van der Waals surface area contributed by atoms with Gasteiger partial charge in [0.25, 0.3) is 0 Å². The van der Waals surface area contributed by atoms with Crippen LogP contribution in [0.25, 0.3) is 0 Å². The average Bonchev–Trinajstić information content (AvgIpc) is 2.64. The molecule has 0 spiro atoms. The number of aromatic nitrogens is 2. The largest absolute Gasteiger partial charge is 0.481 e. The lowest BCUT2D eigenvalue weighted by Gasteiger charge is -2.00. The Kier molecular flexibility index (Phi) is 4.68. The lowest BCUT2D eigenvalue weighted by molar-refractivity contribution is -0.137. The lowest BCUT2D eigenvalue weighted by atomic mass is 10.2. The van der Waals surface area contributed by atoms with E-state index in [0.717, 1.165) is 19.1 Å². The molecule has 0 aliphatic heterocycles. The molecule has 0 saturated carbocycles. The molecular formula is C10H16N2O4S. The van der Waals surface area contributed by atoms with Gasteiger partial charge in [-0.05, 0) is 12.8 Å². The number of aliphatic carboxylic acids is 1. The number of unbranched alkanes of at least 4 members (excludes halogenated alkanes) is 2. The zero-order valence-corrected chi connectivity index (χ0v) is 10.5. The molecule has 0 aliphatic rings. The monoisotopic (exact) mass is 260 g/mol. The predicted molar refractivity (Wildman–Crippen MR) is 61.4 cm³/mol. The fourth-order valence-corrected chi connectivity index (χ4v) is 1.94. The molecule has 17 heavy (non-hydrogen) atoms. The maximum atomic E-state index is 11.2. The van der Waals surface area contributed by atoms with Crippen LogP contribution < -0.4 is 0 Å². The van der Waals surface area contributed by atoms with Crippen LogP contribution in [0, 0.1) is 0 Å².